The summed E-state index contributed by atoms with van der Waals surface area (Å²) in [4.78, 5) is 21.8. The number of rotatable bonds is 2. The van der Waals surface area contributed by atoms with Crippen LogP contribution in [0, 0.1) is 12.8 Å². The van der Waals surface area contributed by atoms with E-state index < -0.39 is 0 Å². The highest BCUT2D eigenvalue weighted by atomic mass is 16.2. The summed E-state index contributed by atoms with van der Waals surface area (Å²) in [5, 5.41) is 2.46. The lowest BCUT2D eigenvalue weighted by atomic mass is 9.95. The van der Waals surface area contributed by atoms with E-state index >= 15 is 0 Å². The fourth-order valence-corrected chi connectivity index (χ4v) is 4.09. The summed E-state index contributed by atoms with van der Waals surface area (Å²) in [6.45, 7) is 5.82. The van der Waals surface area contributed by atoms with Crippen LogP contribution in [0.4, 0.5) is 5.82 Å². The van der Waals surface area contributed by atoms with E-state index in [-0.39, 0.29) is 5.92 Å². The van der Waals surface area contributed by atoms with Crippen molar-refractivity contribution in [3.8, 4) is 0 Å². The Kier molecular flexibility index (Phi) is 4.13. The SMILES string of the molecule is Cc1cc2ccccc2c(N2CCC(C(=O)N3CCCC3)CC2)n1. The number of fused-ring (bicyclic) bond motifs is 1. The molecule has 2 saturated heterocycles. The highest BCUT2D eigenvalue weighted by Crippen LogP contribution is 2.30. The molecule has 1 aromatic carbocycles. The zero-order valence-electron chi connectivity index (χ0n) is 14.4. The standard InChI is InChI=1S/C20H25N3O/c1-15-14-17-6-2-3-7-18(17)19(21-15)22-12-8-16(9-13-22)20(24)23-10-4-5-11-23/h2-3,6-7,14,16H,4-5,8-13H2,1H3. The molecular weight excluding hydrogens is 298 g/mol. The Labute approximate surface area is 143 Å². The first-order valence-corrected chi connectivity index (χ1v) is 9.12. The van der Waals surface area contributed by atoms with Crippen molar-refractivity contribution in [1.82, 2.24) is 9.88 Å². The maximum Gasteiger partial charge on any atom is 0.225 e. The molecule has 1 amide bonds. The molecule has 0 saturated carbocycles. The molecule has 2 aromatic rings. The van der Waals surface area contributed by atoms with Gasteiger partial charge in [-0.05, 0) is 44.1 Å². The van der Waals surface area contributed by atoms with Gasteiger partial charge in [0.1, 0.15) is 5.82 Å². The molecule has 0 spiro atoms. The predicted octanol–water partition coefficient (Wildman–Crippen LogP) is 3.38. The van der Waals surface area contributed by atoms with Crippen molar-refractivity contribution < 1.29 is 4.79 Å². The van der Waals surface area contributed by atoms with Crippen molar-refractivity contribution in [2.45, 2.75) is 32.6 Å². The summed E-state index contributed by atoms with van der Waals surface area (Å²) in [5.74, 6) is 1.67. The van der Waals surface area contributed by atoms with Gasteiger partial charge in [0.25, 0.3) is 0 Å². The summed E-state index contributed by atoms with van der Waals surface area (Å²) >= 11 is 0. The molecule has 0 bridgehead atoms. The number of piperidine rings is 1. The summed E-state index contributed by atoms with van der Waals surface area (Å²) in [6.07, 6.45) is 4.23. The molecular formula is C20H25N3O. The molecule has 0 radical (unpaired) electrons. The van der Waals surface area contributed by atoms with Crippen LogP contribution in [-0.2, 0) is 4.79 Å². The topological polar surface area (TPSA) is 36.4 Å². The van der Waals surface area contributed by atoms with E-state index in [1.54, 1.807) is 0 Å². The highest BCUT2D eigenvalue weighted by Gasteiger charge is 2.30. The number of carbonyl (C=O) groups is 1. The maximum absolute atomic E-state index is 12.6. The smallest absolute Gasteiger partial charge is 0.225 e. The van der Waals surface area contributed by atoms with E-state index in [9.17, 15) is 4.79 Å². The fourth-order valence-electron chi connectivity index (χ4n) is 4.09. The van der Waals surface area contributed by atoms with Crippen molar-refractivity contribution >= 4 is 22.5 Å². The van der Waals surface area contributed by atoms with Gasteiger partial charge in [-0.25, -0.2) is 4.98 Å². The van der Waals surface area contributed by atoms with E-state index in [1.807, 2.05) is 0 Å². The summed E-state index contributed by atoms with van der Waals surface area (Å²) in [5.41, 5.74) is 1.05. The lowest BCUT2D eigenvalue weighted by molar-refractivity contribution is -0.135. The molecule has 2 aliphatic rings. The first kappa shape index (κ1) is 15.4. The third-order valence-electron chi connectivity index (χ3n) is 5.41. The number of benzene rings is 1. The van der Waals surface area contributed by atoms with Crippen LogP contribution in [0.2, 0.25) is 0 Å². The van der Waals surface area contributed by atoms with Crippen molar-refractivity contribution in [2.75, 3.05) is 31.1 Å². The van der Waals surface area contributed by atoms with E-state index in [2.05, 4.69) is 47.1 Å². The van der Waals surface area contributed by atoms with Gasteiger partial charge in [0, 0.05) is 43.2 Å². The number of carbonyl (C=O) groups excluding carboxylic acids is 1. The molecule has 2 fully saturated rings. The van der Waals surface area contributed by atoms with Crippen molar-refractivity contribution in [3.05, 3.63) is 36.0 Å². The Hall–Kier alpha value is -2.10. The van der Waals surface area contributed by atoms with Crippen LogP contribution in [0.15, 0.2) is 30.3 Å². The third-order valence-corrected chi connectivity index (χ3v) is 5.41. The number of aryl methyl sites for hydroxylation is 1. The molecule has 0 unspecified atom stereocenters. The maximum atomic E-state index is 12.6. The van der Waals surface area contributed by atoms with E-state index in [1.165, 1.54) is 23.6 Å². The molecule has 4 heteroatoms. The second-order valence-electron chi connectivity index (χ2n) is 7.10. The average molecular weight is 323 g/mol. The highest BCUT2D eigenvalue weighted by molar-refractivity contribution is 5.92. The Morgan fingerprint density at radius 2 is 1.79 bits per heavy atom. The van der Waals surface area contributed by atoms with Gasteiger partial charge in [-0.1, -0.05) is 24.3 Å². The van der Waals surface area contributed by atoms with Gasteiger partial charge in [-0.15, -0.1) is 0 Å². The van der Waals surface area contributed by atoms with E-state index in [0.29, 0.717) is 5.91 Å². The molecule has 0 N–H and O–H groups in total. The van der Waals surface area contributed by atoms with Crippen LogP contribution in [0.25, 0.3) is 10.8 Å². The van der Waals surface area contributed by atoms with Gasteiger partial charge in [0.2, 0.25) is 5.91 Å². The molecule has 3 heterocycles. The molecule has 4 rings (SSSR count). The average Bonchev–Trinajstić information content (AvgIpc) is 3.15. The van der Waals surface area contributed by atoms with Crippen LogP contribution < -0.4 is 4.90 Å². The van der Waals surface area contributed by atoms with Gasteiger partial charge in [-0.3, -0.25) is 4.79 Å². The minimum absolute atomic E-state index is 0.204. The quantitative estimate of drug-likeness (QED) is 0.850. The Morgan fingerprint density at radius 1 is 1.08 bits per heavy atom. The van der Waals surface area contributed by atoms with Crippen molar-refractivity contribution in [1.29, 1.82) is 0 Å². The summed E-state index contributed by atoms with van der Waals surface area (Å²) in [7, 11) is 0. The third kappa shape index (κ3) is 2.85. The number of anilines is 1. The van der Waals surface area contributed by atoms with Crippen LogP contribution in [0.5, 0.6) is 0 Å². The van der Waals surface area contributed by atoms with Crippen molar-refractivity contribution in [2.24, 2.45) is 5.92 Å². The molecule has 0 atom stereocenters. The zero-order chi connectivity index (χ0) is 16.5. The number of hydrogen-bond acceptors (Lipinski definition) is 3. The second kappa shape index (κ2) is 6.42. The van der Waals surface area contributed by atoms with Crippen LogP contribution in [-0.4, -0.2) is 42.0 Å². The first-order chi connectivity index (χ1) is 11.7. The van der Waals surface area contributed by atoms with Crippen LogP contribution in [0.3, 0.4) is 0 Å². The number of aromatic nitrogens is 1. The summed E-state index contributed by atoms with van der Waals surface area (Å²) < 4.78 is 0. The number of amides is 1. The number of nitrogens with zero attached hydrogens (tertiary/aromatic N) is 3. The summed E-state index contributed by atoms with van der Waals surface area (Å²) in [6, 6.07) is 10.6. The second-order valence-corrected chi connectivity index (χ2v) is 7.10. The predicted molar refractivity (Wildman–Crippen MR) is 97.2 cm³/mol. The normalized spacial score (nSPS) is 19.2. The minimum atomic E-state index is 0.204. The number of hydrogen-bond donors (Lipinski definition) is 0. The zero-order valence-corrected chi connectivity index (χ0v) is 14.4. The van der Waals surface area contributed by atoms with E-state index in [0.717, 1.165) is 50.5 Å². The van der Waals surface area contributed by atoms with Crippen molar-refractivity contribution in [3.63, 3.8) is 0 Å². The number of pyridine rings is 1. The lowest BCUT2D eigenvalue weighted by Crippen LogP contribution is -2.42. The molecule has 1 aromatic heterocycles. The first-order valence-electron chi connectivity index (χ1n) is 9.12. The van der Waals surface area contributed by atoms with E-state index in [4.69, 9.17) is 4.98 Å². The van der Waals surface area contributed by atoms with Gasteiger partial charge in [0.15, 0.2) is 0 Å². The molecule has 24 heavy (non-hydrogen) atoms. The minimum Gasteiger partial charge on any atom is -0.356 e. The van der Waals surface area contributed by atoms with Crippen LogP contribution in [0.1, 0.15) is 31.4 Å². The molecule has 4 nitrogen and oxygen atoms in total. The Balaban J connectivity index is 1.51. The fraction of sp³-hybridized carbons (Fsp3) is 0.500. The lowest BCUT2D eigenvalue weighted by Gasteiger charge is -2.34. The Bertz CT molecular complexity index is 744. The molecule has 2 aliphatic heterocycles. The number of likely N-dealkylation sites (tertiary alicyclic amines) is 1. The van der Waals surface area contributed by atoms with Gasteiger partial charge < -0.3 is 9.80 Å². The van der Waals surface area contributed by atoms with Gasteiger partial charge >= 0.3 is 0 Å². The monoisotopic (exact) mass is 323 g/mol. The van der Waals surface area contributed by atoms with Crippen LogP contribution >= 0.6 is 0 Å². The largest absolute Gasteiger partial charge is 0.356 e. The van der Waals surface area contributed by atoms with Gasteiger partial charge in [-0.2, -0.15) is 0 Å². The molecule has 0 aliphatic carbocycles. The van der Waals surface area contributed by atoms with Gasteiger partial charge in [0.05, 0.1) is 0 Å². The molecule has 126 valence electrons. The Morgan fingerprint density at radius 3 is 2.54 bits per heavy atom.